The molecule has 1 aliphatic heterocycles. The fraction of sp³-hybridized carbons (Fsp3) is 0.765. The molecule has 1 spiro atoms. The molecule has 1 aromatic rings. The SMILES string of the molecule is CN(C)c1ncc(CN2CCC3(CC2)[C@H](O)C[C@@H]3OCCN)cn1.Cl.Cl. The molecule has 1 saturated carbocycles. The van der Waals surface area contributed by atoms with Gasteiger partial charge in [-0.05, 0) is 25.9 Å². The van der Waals surface area contributed by atoms with Gasteiger partial charge >= 0.3 is 0 Å². The second-order valence-electron chi connectivity index (χ2n) is 7.19. The molecular formula is C17H31Cl2N5O2. The van der Waals surface area contributed by atoms with Gasteiger partial charge in [-0.1, -0.05) is 0 Å². The predicted octanol–water partition coefficient (Wildman–Crippen LogP) is 1.08. The summed E-state index contributed by atoms with van der Waals surface area (Å²) in [5, 5.41) is 10.3. The number of aromatic nitrogens is 2. The summed E-state index contributed by atoms with van der Waals surface area (Å²) in [5.41, 5.74) is 6.60. The van der Waals surface area contributed by atoms with Crippen LogP contribution in [0.2, 0.25) is 0 Å². The maximum Gasteiger partial charge on any atom is 0.224 e. The van der Waals surface area contributed by atoms with E-state index in [0.717, 1.165) is 50.4 Å². The number of hydrogen-bond acceptors (Lipinski definition) is 7. The van der Waals surface area contributed by atoms with Crippen molar-refractivity contribution in [3.05, 3.63) is 18.0 Å². The third-order valence-electron chi connectivity index (χ3n) is 5.46. The average molecular weight is 408 g/mol. The fourth-order valence-corrected chi connectivity index (χ4v) is 3.87. The maximum absolute atomic E-state index is 10.3. The molecular weight excluding hydrogens is 377 g/mol. The van der Waals surface area contributed by atoms with Crippen LogP contribution in [0.25, 0.3) is 0 Å². The van der Waals surface area contributed by atoms with Gasteiger partial charge in [0.2, 0.25) is 5.95 Å². The molecule has 3 N–H and O–H groups in total. The number of halogens is 2. The summed E-state index contributed by atoms with van der Waals surface area (Å²) >= 11 is 0. The molecule has 1 saturated heterocycles. The van der Waals surface area contributed by atoms with Crippen molar-refractivity contribution in [2.75, 3.05) is 45.2 Å². The van der Waals surface area contributed by atoms with E-state index in [0.29, 0.717) is 13.2 Å². The molecule has 1 aromatic heterocycles. The molecule has 150 valence electrons. The van der Waals surface area contributed by atoms with Gasteiger partial charge in [-0.2, -0.15) is 0 Å². The molecule has 2 fully saturated rings. The molecule has 0 unspecified atom stereocenters. The summed E-state index contributed by atoms with van der Waals surface area (Å²) < 4.78 is 5.85. The zero-order valence-electron chi connectivity index (χ0n) is 15.5. The van der Waals surface area contributed by atoms with Crippen LogP contribution in [0.3, 0.4) is 0 Å². The minimum absolute atomic E-state index is 0. The molecule has 9 heteroatoms. The molecule has 26 heavy (non-hydrogen) atoms. The molecule has 0 aromatic carbocycles. The number of piperidine rings is 1. The van der Waals surface area contributed by atoms with E-state index in [9.17, 15) is 5.11 Å². The number of aliphatic hydroxyl groups excluding tert-OH is 1. The summed E-state index contributed by atoms with van der Waals surface area (Å²) in [7, 11) is 3.87. The first-order valence-electron chi connectivity index (χ1n) is 8.75. The molecule has 3 rings (SSSR count). The topological polar surface area (TPSA) is 87.7 Å². The largest absolute Gasteiger partial charge is 0.392 e. The molecule has 0 bridgehead atoms. The van der Waals surface area contributed by atoms with Crippen LogP contribution in [0.5, 0.6) is 0 Å². The van der Waals surface area contributed by atoms with E-state index in [4.69, 9.17) is 10.5 Å². The number of likely N-dealkylation sites (tertiary alicyclic amines) is 1. The highest BCUT2D eigenvalue weighted by Crippen LogP contribution is 2.51. The van der Waals surface area contributed by atoms with Gasteiger partial charge in [0.15, 0.2) is 0 Å². The van der Waals surface area contributed by atoms with Crippen molar-refractivity contribution < 1.29 is 9.84 Å². The third-order valence-corrected chi connectivity index (χ3v) is 5.46. The van der Waals surface area contributed by atoms with E-state index in [1.54, 1.807) is 0 Å². The standard InChI is InChI=1S/C17H29N5O2.2ClH/c1-21(2)16-19-10-13(11-20-16)12-22-6-3-17(4-7-22)14(23)9-15(17)24-8-5-18;;/h10-11,14-15,23H,3-9,12,18H2,1-2H3;2*1H/t14-,15+;;/m1../s1. The highest BCUT2D eigenvalue weighted by molar-refractivity contribution is 5.85. The van der Waals surface area contributed by atoms with Gasteiger partial charge in [-0.15, -0.1) is 24.8 Å². The van der Waals surface area contributed by atoms with E-state index in [2.05, 4.69) is 14.9 Å². The number of hydrogen-bond donors (Lipinski definition) is 2. The number of nitrogens with two attached hydrogens (primary N) is 1. The second-order valence-corrected chi connectivity index (χ2v) is 7.19. The Morgan fingerprint density at radius 3 is 2.38 bits per heavy atom. The molecule has 0 amide bonds. The van der Waals surface area contributed by atoms with Gasteiger partial charge in [0.25, 0.3) is 0 Å². The molecule has 2 heterocycles. The summed E-state index contributed by atoms with van der Waals surface area (Å²) in [6.45, 7) is 3.91. The first-order chi connectivity index (χ1) is 11.5. The van der Waals surface area contributed by atoms with Crippen molar-refractivity contribution in [3.8, 4) is 0 Å². The number of aliphatic hydroxyl groups is 1. The Hall–Kier alpha value is -0.700. The average Bonchev–Trinajstić information content (AvgIpc) is 2.59. The summed E-state index contributed by atoms with van der Waals surface area (Å²) in [5.74, 6) is 0.730. The van der Waals surface area contributed by atoms with E-state index < -0.39 is 0 Å². The van der Waals surface area contributed by atoms with Crippen molar-refractivity contribution in [1.29, 1.82) is 0 Å². The Labute approximate surface area is 168 Å². The highest BCUT2D eigenvalue weighted by atomic mass is 35.5. The minimum atomic E-state index is -0.231. The smallest absolute Gasteiger partial charge is 0.224 e. The van der Waals surface area contributed by atoms with Gasteiger partial charge < -0.3 is 20.5 Å². The minimum Gasteiger partial charge on any atom is -0.392 e. The predicted molar refractivity (Wildman–Crippen MR) is 107 cm³/mol. The quantitative estimate of drug-likeness (QED) is 0.728. The molecule has 2 atom stereocenters. The van der Waals surface area contributed by atoms with Crippen molar-refractivity contribution in [1.82, 2.24) is 14.9 Å². The Morgan fingerprint density at radius 1 is 1.27 bits per heavy atom. The van der Waals surface area contributed by atoms with Crippen LogP contribution in [0.4, 0.5) is 5.95 Å². The van der Waals surface area contributed by atoms with Crippen LogP contribution in [0.15, 0.2) is 12.4 Å². The van der Waals surface area contributed by atoms with E-state index in [-0.39, 0.29) is 42.4 Å². The van der Waals surface area contributed by atoms with Gasteiger partial charge in [-0.3, -0.25) is 4.90 Å². The van der Waals surface area contributed by atoms with E-state index in [1.807, 2.05) is 31.4 Å². The van der Waals surface area contributed by atoms with Crippen LogP contribution >= 0.6 is 24.8 Å². The number of rotatable bonds is 6. The zero-order valence-corrected chi connectivity index (χ0v) is 17.1. The first kappa shape index (κ1) is 23.3. The van der Waals surface area contributed by atoms with Crippen molar-refractivity contribution >= 4 is 30.8 Å². The summed E-state index contributed by atoms with van der Waals surface area (Å²) in [4.78, 5) is 13.1. The number of nitrogens with zero attached hydrogens (tertiary/aromatic N) is 4. The van der Waals surface area contributed by atoms with Crippen LogP contribution in [0.1, 0.15) is 24.8 Å². The molecule has 1 aliphatic carbocycles. The van der Waals surface area contributed by atoms with E-state index >= 15 is 0 Å². The zero-order chi connectivity index (χ0) is 17.2. The summed E-state index contributed by atoms with van der Waals surface area (Å²) in [6.07, 6.45) is 6.43. The van der Waals surface area contributed by atoms with Gasteiger partial charge in [-0.25, -0.2) is 9.97 Å². The lowest BCUT2D eigenvalue weighted by Crippen LogP contribution is -2.62. The highest BCUT2D eigenvalue weighted by Gasteiger charge is 2.55. The lowest BCUT2D eigenvalue weighted by atomic mass is 9.58. The maximum atomic E-state index is 10.3. The summed E-state index contributed by atoms with van der Waals surface area (Å²) in [6, 6.07) is 0. The number of anilines is 1. The van der Waals surface area contributed by atoms with Crippen LogP contribution in [-0.4, -0.2) is 72.5 Å². The van der Waals surface area contributed by atoms with Crippen LogP contribution in [-0.2, 0) is 11.3 Å². The van der Waals surface area contributed by atoms with Crippen molar-refractivity contribution in [2.24, 2.45) is 11.1 Å². The van der Waals surface area contributed by atoms with Crippen molar-refractivity contribution in [3.63, 3.8) is 0 Å². The number of ether oxygens (including phenoxy) is 1. The van der Waals surface area contributed by atoms with Crippen LogP contribution < -0.4 is 10.6 Å². The lowest BCUT2D eigenvalue weighted by molar-refractivity contribution is -0.210. The Bertz CT molecular complexity index is 538. The Balaban J connectivity index is 0.00000169. The normalized spacial score (nSPS) is 24.3. The molecule has 2 aliphatic rings. The molecule has 7 nitrogen and oxygen atoms in total. The lowest BCUT2D eigenvalue weighted by Gasteiger charge is -2.56. The second kappa shape index (κ2) is 10.0. The Morgan fingerprint density at radius 2 is 1.88 bits per heavy atom. The third kappa shape index (κ3) is 4.77. The van der Waals surface area contributed by atoms with Gasteiger partial charge in [0.05, 0.1) is 18.8 Å². The monoisotopic (exact) mass is 407 g/mol. The first-order valence-corrected chi connectivity index (χ1v) is 8.75. The molecule has 0 radical (unpaired) electrons. The van der Waals surface area contributed by atoms with Crippen LogP contribution in [0, 0.1) is 5.41 Å². The van der Waals surface area contributed by atoms with Crippen molar-refractivity contribution in [2.45, 2.75) is 38.0 Å². The van der Waals surface area contributed by atoms with E-state index in [1.165, 1.54) is 0 Å². The Kier molecular flexibility index (Phi) is 8.99. The van der Waals surface area contributed by atoms with Gasteiger partial charge in [0.1, 0.15) is 0 Å². The fourth-order valence-electron chi connectivity index (χ4n) is 3.87. The van der Waals surface area contributed by atoms with Gasteiger partial charge in [0, 0.05) is 57.0 Å².